The molecule has 0 radical (unpaired) electrons. The molecule has 1 atom stereocenters. The molecule has 0 bridgehead atoms. The molecular formula is C12H24N2O. The Bertz CT molecular complexity index is 182. The molecule has 0 spiro atoms. The molecule has 0 aromatic heterocycles. The van der Waals surface area contributed by atoms with Gasteiger partial charge in [0.25, 0.3) is 0 Å². The quantitative estimate of drug-likeness (QED) is 0.753. The normalized spacial score (nSPS) is 21.3. The van der Waals surface area contributed by atoms with E-state index in [1.54, 1.807) is 0 Å². The van der Waals surface area contributed by atoms with Crippen molar-refractivity contribution < 1.29 is 4.79 Å². The van der Waals surface area contributed by atoms with Gasteiger partial charge in [-0.25, -0.2) is 0 Å². The highest BCUT2D eigenvalue weighted by Crippen LogP contribution is 2.10. The summed E-state index contributed by atoms with van der Waals surface area (Å²) < 4.78 is 0. The lowest BCUT2D eigenvalue weighted by Crippen LogP contribution is -2.49. The SMILES string of the molecule is CCCN(CCC)C(=O)[C@H]1CCCCN1. The van der Waals surface area contributed by atoms with Gasteiger partial charge in [-0.3, -0.25) is 4.79 Å². The molecule has 3 nitrogen and oxygen atoms in total. The third kappa shape index (κ3) is 3.82. The van der Waals surface area contributed by atoms with Gasteiger partial charge in [-0.2, -0.15) is 0 Å². The van der Waals surface area contributed by atoms with Crippen molar-refractivity contribution in [2.45, 2.75) is 52.0 Å². The van der Waals surface area contributed by atoms with E-state index in [1.165, 1.54) is 12.8 Å². The van der Waals surface area contributed by atoms with Crippen LogP contribution in [0.1, 0.15) is 46.0 Å². The number of hydrogen-bond donors (Lipinski definition) is 1. The van der Waals surface area contributed by atoms with E-state index in [-0.39, 0.29) is 6.04 Å². The van der Waals surface area contributed by atoms with Crippen molar-refractivity contribution >= 4 is 5.91 Å². The molecule has 0 aliphatic carbocycles. The fraction of sp³-hybridized carbons (Fsp3) is 0.917. The number of carbonyl (C=O) groups excluding carboxylic acids is 1. The molecule has 0 unspecified atom stereocenters. The van der Waals surface area contributed by atoms with Crippen LogP contribution in [0.25, 0.3) is 0 Å². The molecule has 1 saturated heterocycles. The zero-order valence-electron chi connectivity index (χ0n) is 10.1. The van der Waals surface area contributed by atoms with Crippen LogP contribution >= 0.6 is 0 Å². The zero-order valence-corrected chi connectivity index (χ0v) is 10.1. The topological polar surface area (TPSA) is 32.3 Å². The Balaban J connectivity index is 2.45. The Morgan fingerprint density at radius 3 is 2.40 bits per heavy atom. The summed E-state index contributed by atoms with van der Waals surface area (Å²) in [5, 5.41) is 3.32. The zero-order chi connectivity index (χ0) is 11.1. The molecule has 1 aliphatic heterocycles. The standard InChI is InChI=1S/C12H24N2O/c1-3-9-14(10-4-2)12(15)11-7-5-6-8-13-11/h11,13H,3-10H2,1-2H3/t11-/m1/s1. The van der Waals surface area contributed by atoms with Crippen LogP contribution in [0.5, 0.6) is 0 Å². The summed E-state index contributed by atoms with van der Waals surface area (Å²) in [5.74, 6) is 0.318. The van der Waals surface area contributed by atoms with E-state index in [4.69, 9.17) is 0 Å². The lowest BCUT2D eigenvalue weighted by Gasteiger charge is -2.29. The van der Waals surface area contributed by atoms with Crippen molar-refractivity contribution in [1.82, 2.24) is 10.2 Å². The summed E-state index contributed by atoms with van der Waals surface area (Å²) in [5.41, 5.74) is 0. The molecule has 1 fully saturated rings. The number of amides is 1. The summed E-state index contributed by atoms with van der Waals surface area (Å²) in [4.78, 5) is 14.2. The smallest absolute Gasteiger partial charge is 0.239 e. The molecule has 0 aromatic carbocycles. The first-order valence-electron chi connectivity index (χ1n) is 6.31. The maximum absolute atomic E-state index is 12.1. The van der Waals surface area contributed by atoms with Gasteiger partial charge in [0.05, 0.1) is 6.04 Å². The van der Waals surface area contributed by atoms with Gasteiger partial charge in [-0.05, 0) is 32.2 Å². The maximum atomic E-state index is 12.1. The van der Waals surface area contributed by atoms with Crippen molar-refractivity contribution in [3.8, 4) is 0 Å². The van der Waals surface area contributed by atoms with Gasteiger partial charge in [-0.15, -0.1) is 0 Å². The van der Waals surface area contributed by atoms with Gasteiger partial charge in [0.15, 0.2) is 0 Å². The second-order valence-corrected chi connectivity index (χ2v) is 4.33. The highest BCUT2D eigenvalue weighted by molar-refractivity contribution is 5.82. The van der Waals surface area contributed by atoms with E-state index < -0.39 is 0 Å². The molecule has 1 heterocycles. The van der Waals surface area contributed by atoms with Crippen molar-refractivity contribution in [1.29, 1.82) is 0 Å². The van der Waals surface area contributed by atoms with Crippen molar-refractivity contribution in [2.24, 2.45) is 0 Å². The molecular weight excluding hydrogens is 188 g/mol. The minimum absolute atomic E-state index is 0.0943. The molecule has 0 aromatic rings. The second-order valence-electron chi connectivity index (χ2n) is 4.33. The van der Waals surface area contributed by atoms with Gasteiger partial charge >= 0.3 is 0 Å². The lowest BCUT2D eigenvalue weighted by atomic mass is 10.0. The average molecular weight is 212 g/mol. The maximum Gasteiger partial charge on any atom is 0.239 e. The van der Waals surface area contributed by atoms with Gasteiger partial charge in [0.2, 0.25) is 5.91 Å². The first kappa shape index (κ1) is 12.5. The highest BCUT2D eigenvalue weighted by Gasteiger charge is 2.24. The summed E-state index contributed by atoms with van der Waals surface area (Å²) in [6.07, 6.45) is 5.53. The van der Waals surface area contributed by atoms with Crippen LogP contribution in [0, 0.1) is 0 Å². The third-order valence-electron chi connectivity index (χ3n) is 2.91. The Kier molecular flexibility index (Phi) is 5.69. The van der Waals surface area contributed by atoms with Crippen LogP contribution in [0.15, 0.2) is 0 Å². The van der Waals surface area contributed by atoms with E-state index >= 15 is 0 Å². The summed E-state index contributed by atoms with van der Waals surface area (Å²) in [6.45, 7) is 7.08. The summed E-state index contributed by atoms with van der Waals surface area (Å²) >= 11 is 0. The van der Waals surface area contributed by atoms with E-state index in [2.05, 4.69) is 19.2 Å². The van der Waals surface area contributed by atoms with Crippen LogP contribution in [0.4, 0.5) is 0 Å². The molecule has 1 aliphatic rings. The van der Waals surface area contributed by atoms with Crippen LogP contribution in [0.3, 0.4) is 0 Å². The van der Waals surface area contributed by atoms with E-state index in [9.17, 15) is 4.79 Å². The Labute approximate surface area is 93.2 Å². The summed E-state index contributed by atoms with van der Waals surface area (Å²) in [6, 6.07) is 0.0943. The molecule has 3 heteroatoms. The third-order valence-corrected chi connectivity index (χ3v) is 2.91. The fourth-order valence-electron chi connectivity index (χ4n) is 2.16. The van der Waals surface area contributed by atoms with Crippen LogP contribution in [-0.4, -0.2) is 36.5 Å². The largest absolute Gasteiger partial charge is 0.341 e. The van der Waals surface area contributed by atoms with Crippen LogP contribution in [0.2, 0.25) is 0 Å². The van der Waals surface area contributed by atoms with Gasteiger partial charge < -0.3 is 10.2 Å². The van der Waals surface area contributed by atoms with E-state index in [1.807, 2.05) is 4.90 Å². The number of piperidine rings is 1. The molecule has 15 heavy (non-hydrogen) atoms. The summed E-state index contributed by atoms with van der Waals surface area (Å²) in [7, 11) is 0. The minimum Gasteiger partial charge on any atom is -0.341 e. The lowest BCUT2D eigenvalue weighted by molar-refractivity contribution is -0.134. The van der Waals surface area contributed by atoms with Gasteiger partial charge in [0, 0.05) is 13.1 Å². The number of carbonyl (C=O) groups is 1. The Morgan fingerprint density at radius 1 is 1.27 bits per heavy atom. The molecule has 1 rings (SSSR count). The van der Waals surface area contributed by atoms with Crippen LogP contribution < -0.4 is 5.32 Å². The van der Waals surface area contributed by atoms with E-state index in [0.717, 1.165) is 38.9 Å². The second kappa shape index (κ2) is 6.83. The van der Waals surface area contributed by atoms with Crippen LogP contribution in [-0.2, 0) is 4.79 Å². The predicted octanol–water partition coefficient (Wildman–Crippen LogP) is 1.78. The number of nitrogens with zero attached hydrogens (tertiary/aromatic N) is 1. The highest BCUT2D eigenvalue weighted by atomic mass is 16.2. The molecule has 1 N–H and O–H groups in total. The number of rotatable bonds is 5. The average Bonchev–Trinajstić information content (AvgIpc) is 2.29. The van der Waals surface area contributed by atoms with Crippen molar-refractivity contribution in [3.63, 3.8) is 0 Å². The number of hydrogen-bond acceptors (Lipinski definition) is 2. The van der Waals surface area contributed by atoms with Gasteiger partial charge in [-0.1, -0.05) is 20.3 Å². The van der Waals surface area contributed by atoms with Crippen molar-refractivity contribution in [2.75, 3.05) is 19.6 Å². The Morgan fingerprint density at radius 2 is 1.93 bits per heavy atom. The molecule has 0 saturated carbocycles. The first-order chi connectivity index (χ1) is 7.29. The molecule has 1 amide bonds. The monoisotopic (exact) mass is 212 g/mol. The van der Waals surface area contributed by atoms with Crippen molar-refractivity contribution in [3.05, 3.63) is 0 Å². The first-order valence-corrected chi connectivity index (χ1v) is 6.31. The van der Waals surface area contributed by atoms with E-state index in [0.29, 0.717) is 5.91 Å². The molecule has 88 valence electrons. The van der Waals surface area contributed by atoms with Gasteiger partial charge in [0.1, 0.15) is 0 Å². The predicted molar refractivity (Wildman–Crippen MR) is 62.8 cm³/mol. The number of nitrogens with one attached hydrogen (secondary N) is 1. The fourth-order valence-corrected chi connectivity index (χ4v) is 2.16. The Hall–Kier alpha value is -0.570. The minimum atomic E-state index is 0.0943.